The molecule has 4 nitrogen and oxygen atoms in total. The highest BCUT2D eigenvalue weighted by molar-refractivity contribution is 5.78. The van der Waals surface area contributed by atoms with Crippen LogP contribution in [0.1, 0.15) is 11.6 Å². The molecule has 0 saturated carbocycles. The molecule has 2 aromatic heterocycles. The smallest absolute Gasteiger partial charge is 0.107 e. The molecule has 0 unspecified atom stereocenters. The van der Waals surface area contributed by atoms with Gasteiger partial charge in [0.2, 0.25) is 0 Å². The van der Waals surface area contributed by atoms with Crippen LogP contribution in [0, 0.1) is 0 Å². The summed E-state index contributed by atoms with van der Waals surface area (Å²) in [7, 11) is 0. The average molecular weight is 227 g/mol. The molecule has 0 amide bonds. The molecule has 0 bridgehead atoms. The van der Waals surface area contributed by atoms with E-state index < -0.39 is 0 Å². The number of nitrogens with zero attached hydrogens (tertiary/aromatic N) is 1. The minimum atomic E-state index is 0.749. The highest BCUT2D eigenvalue weighted by Gasteiger charge is 2.04. The van der Waals surface area contributed by atoms with Gasteiger partial charge in [0.05, 0.1) is 17.3 Å². The number of rotatable bonds is 3. The molecule has 2 heterocycles. The highest BCUT2D eigenvalue weighted by atomic mass is 16.3. The van der Waals surface area contributed by atoms with Crippen LogP contribution in [0.2, 0.25) is 0 Å². The summed E-state index contributed by atoms with van der Waals surface area (Å²) in [6, 6.07) is 9.56. The average Bonchev–Trinajstić information content (AvgIpc) is 2.94. The van der Waals surface area contributed by atoms with Crippen molar-refractivity contribution in [3.63, 3.8) is 0 Å². The number of hydrogen-bond donors (Lipinski definition) is 2. The van der Waals surface area contributed by atoms with Crippen LogP contribution in [0.25, 0.3) is 11.0 Å². The number of aromatic amines is 1. The molecule has 0 atom stereocenters. The van der Waals surface area contributed by atoms with Crippen LogP contribution in [0.15, 0.2) is 41.0 Å². The van der Waals surface area contributed by atoms with Gasteiger partial charge >= 0.3 is 0 Å². The molecule has 3 N–H and O–H groups in total. The van der Waals surface area contributed by atoms with Gasteiger partial charge < -0.3 is 15.1 Å². The lowest BCUT2D eigenvalue weighted by Crippen LogP contribution is -1.91. The second-order valence-electron chi connectivity index (χ2n) is 4.04. The zero-order chi connectivity index (χ0) is 11.7. The summed E-state index contributed by atoms with van der Waals surface area (Å²) in [4.78, 5) is 7.77. The summed E-state index contributed by atoms with van der Waals surface area (Å²) in [5.41, 5.74) is 8.41. The molecule has 3 rings (SSSR count). The van der Waals surface area contributed by atoms with Gasteiger partial charge in [0.25, 0.3) is 0 Å². The van der Waals surface area contributed by atoms with E-state index in [0.717, 1.165) is 41.1 Å². The number of aromatic nitrogens is 2. The maximum atomic E-state index is 5.72. The molecule has 0 fully saturated rings. The van der Waals surface area contributed by atoms with E-state index in [1.165, 1.54) is 0 Å². The van der Waals surface area contributed by atoms with Gasteiger partial charge in [-0.3, -0.25) is 0 Å². The third kappa shape index (κ3) is 2.01. The minimum Gasteiger partial charge on any atom is -0.469 e. The molecule has 0 saturated heterocycles. The van der Waals surface area contributed by atoms with Crippen molar-refractivity contribution in [2.45, 2.75) is 12.8 Å². The summed E-state index contributed by atoms with van der Waals surface area (Å²) >= 11 is 0. The minimum absolute atomic E-state index is 0.749. The van der Waals surface area contributed by atoms with Gasteiger partial charge in [-0.2, -0.15) is 0 Å². The number of benzene rings is 1. The van der Waals surface area contributed by atoms with Crippen molar-refractivity contribution in [1.29, 1.82) is 0 Å². The first-order valence-electron chi connectivity index (χ1n) is 5.58. The van der Waals surface area contributed by atoms with Crippen molar-refractivity contribution in [3.8, 4) is 0 Å². The fourth-order valence-electron chi connectivity index (χ4n) is 1.89. The Kier molecular flexibility index (Phi) is 2.33. The van der Waals surface area contributed by atoms with Gasteiger partial charge in [-0.1, -0.05) is 0 Å². The molecular weight excluding hydrogens is 214 g/mol. The Hall–Kier alpha value is -2.23. The predicted molar refractivity (Wildman–Crippen MR) is 66.6 cm³/mol. The monoisotopic (exact) mass is 227 g/mol. The molecule has 0 radical (unpaired) electrons. The van der Waals surface area contributed by atoms with Crippen molar-refractivity contribution in [1.82, 2.24) is 9.97 Å². The lowest BCUT2D eigenvalue weighted by Gasteiger charge is -1.93. The van der Waals surface area contributed by atoms with E-state index in [1.807, 2.05) is 30.3 Å². The molecule has 0 aliphatic rings. The van der Waals surface area contributed by atoms with E-state index in [4.69, 9.17) is 10.2 Å². The molecular formula is C13H13N3O. The predicted octanol–water partition coefficient (Wildman–Crippen LogP) is 2.52. The van der Waals surface area contributed by atoms with Crippen LogP contribution >= 0.6 is 0 Å². The zero-order valence-corrected chi connectivity index (χ0v) is 9.31. The second kappa shape index (κ2) is 3.97. The van der Waals surface area contributed by atoms with Crippen molar-refractivity contribution in [3.05, 3.63) is 48.2 Å². The third-order valence-corrected chi connectivity index (χ3v) is 2.74. The van der Waals surface area contributed by atoms with Crippen molar-refractivity contribution in [2.75, 3.05) is 5.73 Å². The molecule has 0 spiro atoms. The fraction of sp³-hybridized carbons (Fsp3) is 0.154. The van der Waals surface area contributed by atoms with Crippen LogP contribution in [0.5, 0.6) is 0 Å². The Morgan fingerprint density at radius 1 is 1.24 bits per heavy atom. The summed E-state index contributed by atoms with van der Waals surface area (Å²) in [5.74, 6) is 1.94. The summed E-state index contributed by atoms with van der Waals surface area (Å²) in [6.45, 7) is 0. The quantitative estimate of drug-likeness (QED) is 0.675. The van der Waals surface area contributed by atoms with Gasteiger partial charge in [-0.25, -0.2) is 4.98 Å². The number of nitrogens with two attached hydrogens (primary N) is 1. The van der Waals surface area contributed by atoms with E-state index >= 15 is 0 Å². The maximum Gasteiger partial charge on any atom is 0.107 e. The Bertz CT molecular complexity index is 625. The van der Waals surface area contributed by atoms with E-state index in [9.17, 15) is 0 Å². The van der Waals surface area contributed by atoms with Crippen molar-refractivity contribution >= 4 is 16.7 Å². The normalized spacial score (nSPS) is 11.1. The maximum absolute atomic E-state index is 5.72. The lowest BCUT2D eigenvalue weighted by atomic mass is 10.2. The standard InChI is InChI=1S/C13H13N3O/c14-9-3-5-11-12(8-9)16-13(15-11)6-4-10-2-1-7-17-10/h1-3,5,7-8H,4,6,14H2,(H,15,16). The number of aryl methyl sites for hydroxylation is 2. The van der Waals surface area contributed by atoms with Crippen molar-refractivity contribution in [2.24, 2.45) is 0 Å². The van der Waals surface area contributed by atoms with E-state index in [0.29, 0.717) is 0 Å². The molecule has 0 aliphatic carbocycles. The number of nitrogen functional groups attached to an aromatic ring is 1. The highest BCUT2D eigenvalue weighted by Crippen LogP contribution is 2.16. The Balaban J connectivity index is 1.81. The first-order valence-corrected chi connectivity index (χ1v) is 5.58. The summed E-state index contributed by atoms with van der Waals surface area (Å²) < 4.78 is 5.29. The van der Waals surface area contributed by atoms with Gasteiger partial charge in [0, 0.05) is 18.5 Å². The van der Waals surface area contributed by atoms with E-state index in [2.05, 4.69) is 9.97 Å². The number of furan rings is 1. The Labute approximate surface area is 98.5 Å². The summed E-state index contributed by atoms with van der Waals surface area (Å²) in [5, 5.41) is 0. The van der Waals surface area contributed by atoms with Crippen LogP contribution in [-0.4, -0.2) is 9.97 Å². The number of anilines is 1. The van der Waals surface area contributed by atoms with Crippen LogP contribution in [-0.2, 0) is 12.8 Å². The van der Waals surface area contributed by atoms with Crippen LogP contribution in [0.3, 0.4) is 0 Å². The molecule has 1 aromatic carbocycles. The Morgan fingerprint density at radius 2 is 2.18 bits per heavy atom. The van der Waals surface area contributed by atoms with Crippen LogP contribution < -0.4 is 5.73 Å². The van der Waals surface area contributed by atoms with Crippen molar-refractivity contribution < 1.29 is 4.42 Å². The zero-order valence-electron chi connectivity index (χ0n) is 9.31. The fourth-order valence-corrected chi connectivity index (χ4v) is 1.89. The van der Waals surface area contributed by atoms with Gasteiger partial charge in [-0.05, 0) is 30.3 Å². The first kappa shape index (κ1) is 9.96. The molecule has 86 valence electrons. The first-order chi connectivity index (χ1) is 8.31. The van der Waals surface area contributed by atoms with E-state index in [1.54, 1.807) is 6.26 Å². The summed E-state index contributed by atoms with van der Waals surface area (Å²) in [6.07, 6.45) is 3.37. The van der Waals surface area contributed by atoms with Crippen LogP contribution in [0.4, 0.5) is 5.69 Å². The largest absolute Gasteiger partial charge is 0.469 e. The second-order valence-corrected chi connectivity index (χ2v) is 4.04. The Morgan fingerprint density at radius 3 is 3.00 bits per heavy atom. The van der Waals surface area contributed by atoms with Gasteiger partial charge in [0.1, 0.15) is 11.6 Å². The van der Waals surface area contributed by atoms with Gasteiger partial charge in [0.15, 0.2) is 0 Å². The number of fused-ring (bicyclic) bond motifs is 1. The molecule has 17 heavy (non-hydrogen) atoms. The number of hydrogen-bond acceptors (Lipinski definition) is 3. The molecule has 4 heteroatoms. The SMILES string of the molecule is Nc1ccc2nc(CCc3ccco3)[nH]c2c1. The third-order valence-electron chi connectivity index (χ3n) is 2.74. The van der Waals surface area contributed by atoms with E-state index in [-0.39, 0.29) is 0 Å². The number of imidazole rings is 1. The number of H-pyrrole nitrogens is 1. The van der Waals surface area contributed by atoms with Gasteiger partial charge in [-0.15, -0.1) is 0 Å². The molecule has 3 aromatic rings. The molecule has 0 aliphatic heterocycles. The number of nitrogens with one attached hydrogen (secondary N) is 1. The lowest BCUT2D eigenvalue weighted by molar-refractivity contribution is 0.507. The topological polar surface area (TPSA) is 67.8 Å².